The normalized spacial score (nSPS) is 21.1. The van der Waals surface area contributed by atoms with E-state index < -0.39 is 18.0 Å². The molecule has 1 amide bonds. The van der Waals surface area contributed by atoms with Gasteiger partial charge < -0.3 is 9.88 Å². The molecule has 1 N–H and O–H groups in total. The van der Waals surface area contributed by atoms with Gasteiger partial charge in [-0.2, -0.15) is 13.2 Å². The number of amides is 1. The third-order valence-electron chi connectivity index (χ3n) is 4.46. The molecular weight excluding hydrogens is 335 g/mol. The second kappa shape index (κ2) is 6.81. The maximum absolute atomic E-state index is 12.7. The van der Waals surface area contributed by atoms with Gasteiger partial charge in [0.2, 0.25) is 0 Å². The van der Waals surface area contributed by atoms with Crippen molar-refractivity contribution in [2.24, 2.45) is 13.0 Å². The molecule has 0 atom stereocenters. The molecule has 0 bridgehead atoms. The summed E-state index contributed by atoms with van der Waals surface area (Å²) in [6.45, 7) is 0. The second-order valence-electron chi connectivity index (χ2n) is 6.22. The Hall–Kier alpha value is -2.45. The van der Waals surface area contributed by atoms with E-state index in [1.165, 1.54) is 12.3 Å². The molecular formula is C16H18F3N5O. The maximum Gasteiger partial charge on any atom is 0.391 e. The van der Waals surface area contributed by atoms with Crippen LogP contribution in [0.25, 0.3) is 11.5 Å². The first-order valence-corrected chi connectivity index (χ1v) is 8.02. The van der Waals surface area contributed by atoms with Gasteiger partial charge in [0.05, 0.1) is 18.4 Å². The third-order valence-corrected chi connectivity index (χ3v) is 4.46. The maximum atomic E-state index is 12.7. The van der Waals surface area contributed by atoms with Crippen LogP contribution in [0.4, 0.5) is 13.2 Å². The highest BCUT2D eigenvalue weighted by atomic mass is 19.4. The van der Waals surface area contributed by atoms with Gasteiger partial charge in [0.1, 0.15) is 11.4 Å². The van der Waals surface area contributed by atoms with Crippen molar-refractivity contribution in [1.29, 1.82) is 0 Å². The van der Waals surface area contributed by atoms with E-state index in [0.29, 0.717) is 24.4 Å². The van der Waals surface area contributed by atoms with Gasteiger partial charge in [0.25, 0.3) is 5.91 Å². The molecule has 1 fully saturated rings. The van der Waals surface area contributed by atoms with Crippen molar-refractivity contribution in [2.45, 2.75) is 37.9 Å². The number of hydrogen-bond donors (Lipinski definition) is 1. The number of nitrogens with one attached hydrogen (secondary N) is 1. The number of nitrogens with zero attached hydrogens (tertiary/aromatic N) is 4. The fourth-order valence-corrected chi connectivity index (χ4v) is 3.01. The zero-order valence-electron chi connectivity index (χ0n) is 13.6. The zero-order valence-corrected chi connectivity index (χ0v) is 13.6. The summed E-state index contributed by atoms with van der Waals surface area (Å²) in [5.41, 5.74) is 0.851. The summed E-state index contributed by atoms with van der Waals surface area (Å²) in [7, 11) is 1.79. The smallest absolute Gasteiger partial charge is 0.348 e. The standard InChI is InChI=1S/C16H18F3N5O/c1-24-9-20-8-13(24)14-21-7-6-12(23-14)15(25)22-11-4-2-10(3-5-11)16(17,18)19/h6-11H,2-5H2,1H3,(H,22,25)/t10-,11-. The SMILES string of the molecule is Cn1cncc1-c1nccc(C(=O)N[C@H]2CC[C@H](C(F)(F)F)CC2)n1. The molecule has 1 saturated carbocycles. The van der Waals surface area contributed by atoms with Crippen LogP contribution in [-0.2, 0) is 7.05 Å². The van der Waals surface area contributed by atoms with Crippen LogP contribution >= 0.6 is 0 Å². The molecule has 2 aromatic rings. The van der Waals surface area contributed by atoms with E-state index in [1.54, 1.807) is 24.1 Å². The molecule has 0 aliphatic heterocycles. The molecule has 0 aromatic carbocycles. The van der Waals surface area contributed by atoms with Crippen molar-refractivity contribution >= 4 is 5.91 Å². The highest BCUT2D eigenvalue weighted by molar-refractivity contribution is 5.92. The van der Waals surface area contributed by atoms with Crippen LogP contribution in [0.3, 0.4) is 0 Å². The molecule has 2 heterocycles. The van der Waals surface area contributed by atoms with E-state index in [2.05, 4.69) is 20.3 Å². The number of hydrogen-bond acceptors (Lipinski definition) is 4. The van der Waals surface area contributed by atoms with Crippen LogP contribution in [0, 0.1) is 5.92 Å². The Labute approximate surface area is 142 Å². The van der Waals surface area contributed by atoms with Crippen molar-refractivity contribution in [3.05, 3.63) is 30.5 Å². The van der Waals surface area contributed by atoms with E-state index in [0.717, 1.165) is 0 Å². The number of alkyl halides is 3. The van der Waals surface area contributed by atoms with Gasteiger partial charge in [-0.25, -0.2) is 15.0 Å². The average Bonchev–Trinajstić information content (AvgIpc) is 3.01. The quantitative estimate of drug-likeness (QED) is 0.921. The Morgan fingerprint density at radius 1 is 1.28 bits per heavy atom. The van der Waals surface area contributed by atoms with Crippen molar-refractivity contribution in [3.63, 3.8) is 0 Å². The molecule has 1 aliphatic rings. The largest absolute Gasteiger partial charge is 0.391 e. The lowest BCUT2D eigenvalue weighted by Crippen LogP contribution is -2.40. The fourth-order valence-electron chi connectivity index (χ4n) is 3.01. The number of carbonyl (C=O) groups is 1. The predicted molar refractivity (Wildman–Crippen MR) is 83.5 cm³/mol. The first-order valence-electron chi connectivity index (χ1n) is 8.02. The molecule has 3 rings (SSSR count). The molecule has 2 aromatic heterocycles. The number of carbonyl (C=O) groups excluding carboxylic acids is 1. The average molecular weight is 353 g/mol. The van der Waals surface area contributed by atoms with Crippen LogP contribution < -0.4 is 5.32 Å². The number of aromatic nitrogens is 4. The van der Waals surface area contributed by atoms with Gasteiger partial charge in [0, 0.05) is 19.3 Å². The molecule has 0 spiro atoms. The zero-order chi connectivity index (χ0) is 18.0. The Balaban J connectivity index is 1.64. The van der Waals surface area contributed by atoms with Crippen LogP contribution in [0.5, 0.6) is 0 Å². The summed E-state index contributed by atoms with van der Waals surface area (Å²) < 4.78 is 39.8. The molecule has 25 heavy (non-hydrogen) atoms. The highest BCUT2D eigenvalue weighted by Crippen LogP contribution is 2.37. The van der Waals surface area contributed by atoms with Gasteiger partial charge >= 0.3 is 6.18 Å². The molecule has 0 saturated heterocycles. The monoisotopic (exact) mass is 353 g/mol. The van der Waals surface area contributed by atoms with Crippen LogP contribution in [0.15, 0.2) is 24.8 Å². The van der Waals surface area contributed by atoms with Gasteiger partial charge in [0.15, 0.2) is 5.82 Å². The second-order valence-corrected chi connectivity index (χ2v) is 6.22. The van der Waals surface area contributed by atoms with E-state index in [1.807, 2.05) is 0 Å². The van der Waals surface area contributed by atoms with Crippen LogP contribution in [0.1, 0.15) is 36.2 Å². The first-order chi connectivity index (χ1) is 11.8. The Kier molecular flexibility index (Phi) is 4.73. The first kappa shape index (κ1) is 17.4. The molecule has 9 heteroatoms. The number of rotatable bonds is 3. The molecule has 0 unspecified atom stereocenters. The Bertz CT molecular complexity index is 750. The van der Waals surface area contributed by atoms with Crippen molar-refractivity contribution in [2.75, 3.05) is 0 Å². The topological polar surface area (TPSA) is 72.7 Å². The fraction of sp³-hybridized carbons (Fsp3) is 0.500. The lowest BCUT2D eigenvalue weighted by Gasteiger charge is -2.30. The number of aryl methyl sites for hydroxylation is 1. The van der Waals surface area contributed by atoms with E-state index in [4.69, 9.17) is 0 Å². The van der Waals surface area contributed by atoms with E-state index in [-0.39, 0.29) is 24.6 Å². The van der Waals surface area contributed by atoms with Gasteiger partial charge in [-0.3, -0.25) is 4.79 Å². The molecule has 6 nitrogen and oxygen atoms in total. The van der Waals surface area contributed by atoms with Gasteiger partial charge in [-0.05, 0) is 31.7 Å². The summed E-state index contributed by atoms with van der Waals surface area (Å²) in [6.07, 6.45) is 1.23. The summed E-state index contributed by atoms with van der Waals surface area (Å²) in [5.74, 6) is -1.30. The van der Waals surface area contributed by atoms with Crippen molar-refractivity contribution in [3.8, 4) is 11.5 Å². The highest BCUT2D eigenvalue weighted by Gasteiger charge is 2.41. The third kappa shape index (κ3) is 3.97. The minimum atomic E-state index is -4.15. The summed E-state index contributed by atoms with van der Waals surface area (Å²) >= 11 is 0. The minimum Gasteiger partial charge on any atom is -0.348 e. The Morgan fingerprint density at radius 3 is 2.60 bits per heavy atom. The van der Waals surface area contributed by atoms with E-state index in [9.17, 15) is 18.0 Å². The summed E-state index contributed by atoms with van der Waals surface area (Å²) in [4.78, 5) is 24.7. The number of imidazole rings is 1. The summed E-state index contributed by atoms with van der Waals surface area (Å²) in [6, 6.07) is 1.22. The lowest BCUT2D eigenvalue weighted by molar-refractivity contribution is -0.182. The molecule has 1 aliphatic carbocycles. The minimum absolute atomic E-state index is 0.0402. The van der Waals surface area contributed by atoms with E-state index >= 15 is 0 Å². The van der Waals surface area contributed by atoms with Crippen LogP contribution in [-0.4, -0.2) is 37.6 Å². The van der Waals surface area contributed by atoms with Crippen molar-refractivity contribution in [1.82, 2.24) is 24.8 Å². The molecule has 0 radical (unpaired) electrons. The molecule has 134 valence electrons. The van der Waals surface area contributed by atoms with Gasteiger partial charge in [-0.1, -0.05) is 0 Å². The van der Waals surface area contributed by atoms with Gasteiger partial charge in [-0.15, -0.1) is 0 Å². The van der Waals surface area contributed by atoms with Crippen molar-refractivity contribution < 1.29 is 18.0 Å². The van der Waals surface area contributed by atoms with Crippen LogP contribution in [0.2, 0.25) is 0 Å². The lowest BCUT2D eigenvalue weighted by atomic mass is 9.85. The Morgan fingerprint density at radius 2 is 2.00 bits per heavy atom. The predicted octanol–water partition coefficient (Wildman–Crippen LogP) is 2.73. The number of halogens is 3. The summed E-state index contributed by atoms with van der Waals surface area (Å²) in [5, 5.41) is 2.78.